The molecule has 0 aliphatic carbocycles. The molecule has 0 heterocycles. The zero-order valence-electron chi connectivity index (χ0n) is 40.6. The topological polar surface area (TPSA) is 6.48 Å². The zero-order valence-corrected chi connectivity index (χ0v) is 40.6. The number of anilines is 6. The number of benzene rings is 12. The Morgan fingerprint density at radius 1 is 0.264 bits per heavy atom. The van der Waals surface area contributed by atoms with E-state index in [1.165, 1.54) is 22.3 Å². The Morgan fingerprint density at radius 3 is 0.875 bits per heavy atom. The van der Waals surface area contributed by atoms with Crippen LogP contribution in [0.2, 0.25) is 0 Å². The summed E-state index contributed by atoms with van der Waals surface area (Å²) in [5, 5.41) is 6.57. The van der Waals surface area contributed by atoms with Crippen LogP contribution in [0.3, 0.4) is 0 Å². The largest absolute Gasteiger partial charge is 0.310 e. The number of hydrogen-bond acceptors (Lipinski definition) is 2. The van der Waals surface area contributed by atoms with Gasteiger partial charge in [-0.05, 0) is 191 Å². The number of nitrogens with zero attached hydrogens (tertiary/aromatic N) is 2. The molecule has 0 aliphatic heterocycles. The van der Waals surface area contributed by atoms with Crippen LogP contribution < -0.4 is 9.80 Å². The Hall–Kier alpha value is -8.86. The number of hydrogen-bond donors (Lipinski definition) is 0. The van der Waals surface area contributed by atoms with Crippen LogP contribution >= 0.6 is 0 Å². The van der Waals surface area contributed by atoms with E-state index < -0.39 is 0 Å². The van der Waals surface area contributed by atoms with E-state index in [1.807, 2.05) is 24.3 Å². The lowest BCUT2D eigenvalue weighted by Crippen LogP contribution is -2.12. The lowest BCUT2D eigenvalue weighted by molar-refractivity contribution is 0.627. The first-order chi connectivity index (χ1) is 35.1. The summed E-state index contributed by atoms with van der Waals surface area (Å²) in [4.78, 5) is 4.55. The molecule has 0 unspecified atom stereocenters. The highest BCUT2D eigenvalue weighted by molar-refractivity contribution is 6.28. The monoisotopic (exact) mass is 932 g/mol. The zero-order chi connectivity index (χ0) is 49.0. The van der Waals surface area contributed by atoms with Crippen LogP contribution in [0.15, 0.2) is 231 Å². The molecule has 0 amide bonds. The molecule has 0 spiro atoms. The third kappa shape index (κ3) is 8.31. The molecular weight excluding hydrogens is 883 g/mol. The molecule has 72 heavy (non-hydrogen) atoms. The minimum atomic E-state index is -0.295. The molecule has 0 fully saturated rings. The van der Waals surface area contributed by atoms with Gasteiger partial charge < -0.3 is 9.80 Å². The molecule has 4 heteroatoms. The van der Waals surface area contributed by atoms with E-state index in [2.05, 4.69) is 219 Å². The van der Waals surface area contributed by atoms with Gasteiger partial charge in [0.15, 0.2) is 0 Å². The van der Waals surface area contributed by atoms with E-state index >= 15 is 0 Å². The summed E-state index contributed by atoms with van der Waals surface area (Å²) in [7, 11) is 0. The fraction of sp³-hybridized carbons (Fsp3) is 0.0588. The molecule has 0 saturated heterocycles. The van der Waals surface area contributed by atoms with Crippen molar-refractivity contribution in [1.29, 1.82) is 0 Å². The maximum Gasteiger partial charge on any atom is 0.123 e. The molecule has 12 aromatic rings. The summed E-state index contributed by atoms with van der Waals surface area (Å²) in [5.41, 5.74) is 19.0. The Kier molecular flexibility index (Phi) is 11.2. The first-order valence-electron chi connectivity index (χ1n) is 24.5. The average molecular weight is 933 g/mol. The Labute approximate surface area is 419 Å². The highest BCUT2D eigenvalue weighted by Gasteiger charge is 2.24. The van der Waals surface area contributed by atoms with E-state index in [9.17, 15) is 8.78 Å². The highest BCUT2D eigenvalue weighted by Crippen LogP contribution is 2.49. The van der Waals surface area contributed by atoms with E-state index in [0.29, 0.717) is 0 Å². The fourth-order valence-electron chi connectivity index (χ4n) is 10.6. The van der Waals surface area contributed by atoms with E-state index in [1.54, 1.807) is 24.3 Å². The molecule has 2 nitrogen and oxygen atoms in total. The van der Waals surface area contributed by atoms with Crippen LogP contribution in [-0.2, 0) is 0 Å². The smallest absolute Gasteiger partial charge is 0.123 e. The van der Waals surface area contributed by atoms with Gasteiger partial charge in [-0.15, -0.1) is 0 Å². The fourth-order valence-corrected chi connectivity index (χ4v) is 10.6. The van der Waals surface area contributed by atoms with Crippen LogP contribution in [-0.4, -0.2) is 0 Å². The van der Waals surface area contributed by atoms with Crippen molar-refractivity contribution in [3.05, 3.63) is 264 Å². The van der Waals surface area contributed by atoms with Gasteiger partial charge in [0, 0.05) is 33.5 Å². The highest BCUT2D eigenvalue weighted by atomic mass is 19.1. The van der Waals surface area contributed by atoms with Gasteiger partial charge in [-0.1, -0.05) is 156 Å². The molecule has 0 aromatic heterocycles. The molecule has 0 aliphatic rings. The van der Waals surface area contributed by atoms with Crippen LogP contribution in [0.1, 0.15) is 22.3 Å². The molecule has 0 N–H and O–H groups in total. The summed E-state index contributed by atoms with van der Waals surface area (Å²) >= 11 is 0. The van der Waals surface area contributed by atoms with Crippen molar-refractivity contribution in [1.82, 2.24) is 0 Å². The van der Waals surface area contributed by atoms with Gasteiger partial charge in [-0.3, -0.25) is 0 Å². The molecule has 0 radical (unpaired) electrons. The van der Waals surface area contributed by atoms with Crippen molar-refractivity contribution >= 4 is 66.4 Å². The number of aryl methyl sites for hydroxylation is 4. The Morgan fingerprint density at radius 2 is 0.569 bits per heavy atom. The third-order valence-corrected chi connectivity index (χ3v) is 14.0. The van der Waals surface area contributed by atoms with Crippen LogP contribution in [0, 0.1) is 39.3 Å². The first-order valence-corrected chi connectivity index (χ1v) is 24.5. The van der Waals surface area contributed by atoms with E-state index in [4.69, 9.17) is 0 Å². The van der Waals surface area contributed by atoms with Gasteiger partial charge in [0.05, 0.1) is 11.4 Å². The molecule has 12 aromatic carbocycles. The molecule has 346 valence electrons. The summed E-state index contributed by atoms with van der Waals surface area (Å²) in [6, 6.07) is 79.4. The van der Waals surface area contributed by atoms with E-state index in [0.717, 1.165) is 111 Å². The van der Waals surface area contributed by atoms with Crippen molar-refractivity contribution in [3.8, 4) is 44.5 Å². The lowest BCUT2D eigenvalue weighted by Gasteiger charge is -2.30. The van der Waals surface area contributed by atoms with Crippen molar-refractivity contribution in [2.75, 3.05) is 9.80 Å². The van der Waals surface area contributed by atoms with Gasteiger partial charge in [0.25, 0.3) is 0 Å². The number of halogens is 2. The van der Waals surface area contributed by atoms with Gasteiger partial charge in [0.1, 0.15) is 11.6 Å². The van der Waals surface area contributed by atoms with Crippen LogP contribution in [0.4, 0.5) is 42.9 Å². The minimum absolute atomic E-state index is 0.295. The van der Waals surface area contributed by atoms with Crippen molar-refractivity contribution < 1.29 is 8.78 Å². The SMILES string of the molecule is Cc1cccc(-c2cc(-c3cccc(C)c3)cc(N(c3ccc(F)cc3)c3ccc4ccc5c(N(c6ccc(F)cc6)c6cc(-c7cccc(C)c7)cc(-c7cccc(C)c7)c6)ccc6ccc3c4c65)c2)c1. The maximum absolute atomic E-state index is 14.9. The number of rotatable bonds is 10. The predicted octanol–water partition coefficient (Wildman–Crippen LogP) is 19.7. The lowest BCUT2D eigenvalue weighted by atomic mass is 9.91. The standard InChI is InChI=1S/C68H50F2N2/c1-43-9-5-13-49(33-43)53-37-54(50-14-6-10-44(2)34-50)40-61(39-53)71(59-25-21-57(69)22-26-59)65-31-19-47-18-30-64-66(32-20-48-17-29-63(65)67(47)68(48)64)72(60-27-23-58(70)24-28-60)62-41-55(51-15-7-11-45(3)35-51)38-56(42-62)52-16-8-12-46(4)36-52/h5-42H,1-4H3. The minimum Gasteiger partial charge on any atom is -0.310 e. The second-order valence-corrected chi connectivity index (χ2v) is 19.2. The molecule has 0 bridgehead atoms. The van der Waals surface area contributed by atoms with E-state index in [-0.39, 0.29) is 11.6 Å². The second-order valence-electron chi connectivity index (χ2n) is 19.2. The van der Waals surface area contributed by atoms with Gasteiger partial charge >= 0.3 is 0 Å². The molecule has 12 rings (SSSR count). The summed E-state index contributed by atoms with van der Waals surface area (Å²) < 4.78 is 29.8. The van der Waals surface area contributed by atoms with Gasteiger partial charge in [-0.25, -0.2) is 8.78 Å². The third-order valence-electron chi connectivity index (χ3n) is 14.0. The first kappa shape index (κ1) is 44.4. The Balaban J connectivity index is 1.10. The van der Waals surface area contributed by atoms with Gasteiger partial charge in [0.2, 0.25) is 0 Å². The molecule has 0 atom stereocenters. The summed E-state index contributed by atoms with van der Waals surface area (Å²) in [6.07, 6.45) is 0. The van der Waals surface area contributed by atoms with Crippen LogP contribution in [0.5, 0.6) is 0 Å². The Bertz CT molecular complexity index is 3610. The van der Waals surface area contributed by atoms with Gasteiger partial charge in [-0.2, -0.15) is 0 Å². The summed E-state index contributed by atoms with van der Waals surface area (Å²) in [5.74, 6) is -0.589. The van der Waals surface area contributed by atoms with Crippen molar-refractivity contribution in [3.63, 3.8) is 0 Å². The van der Waals surface area contributed by atoms with Crippen molar-refractivity contribution in [2.45, 2.75) is 27.7 Å². The predicted molar refractivity (Wildman–Crippen MR) is 300 cm³/mol. The summed E-state index contributed by atoms with van der Waals surface area (Å²) in [6.45, 7) is 8.50. The quantitative estimate of drug-likeness (QED) is 0.126. The average Bonchev–Trinajstić information content (AvgIpc) is 3.39. The van der Waals surface area contributed by atoms with Crippen molar-refractivity contribution in [2.24, 2.45) is 0 Å². The second kappa shape index (κ2) is 18.1. The maximum atomic E-state index is 14.9. The molecular formula is C68H50F2N2. The normalized spacial score (nSPS) is 11.5. The molecule has 0 saturated carbocycles. The van der Waals surface area contributed by atoms with Crippen LogP contribution in [0.25, 0.3) is 76.8 Å².